The Morgan fingerprint density at radius 3 is 2.79 bits per heavy atom. The molecule has 1 aromatic heterocycles. The van der Waals surface area contributed by atoms with Crippen LogP contribution in [0.1, 0.15) is 42.5 Å². The Morgan fingerprint density at radius 2 is 2.06 bits per heavy atom. The standard InChI is InChI=1S/C26H26ClN5OS/c1-3-16-4-5-17-13-26(23(28)18(17)12-16)7-10-32(11-8-26)25-15(2)22(33)20(14-31-25)34-19-6-9-30-24(29)21(19)27/h1,4-6,9,12,14-15,23H,7-8,10-11,13,28H2,2H3,(H2,29,30)/t15-,23?/m1/s1. The summed E-state index contributed by atoms with van der Waals surface area (Å²) in [6, 6.07) is 7.93. The summed E-state index contributed by atoms with van der Waals surface area (Å²) in [6.07, 6.45) is 11.7. The molecule has 1 aromatic carbocycles. The highest BCUT2D eigenvalue weighted by molar-refractivity contribution is 8.04. The second-order valence-corrected chi connectivity index (χ2v) is 10.7. The number of pyridine rings is 1. The average molecular weight is 492 g/mol. The van der Waals surface area contributed by atoms with Crippen LogP contribution in [0.5, 0.6) is 0 Å². The molecule has 1 aliphatic carbocycles. The molecule has 1 saturated heterocycles. The molecule has 0 radical (unpaired) electrons. The Balaban J connectivity index is 1.31. The predicted octanol–water partition coefficient (Wildman–Crippen LogP) is 4.19. The van der Waals surface area contributed by atoms with Gasteiger partial charge in [-0.1, -0.05) is 35.3 Å². The van der Waals surface area contributed by atoms with Crippen molar-refractivity contribution in [3.63, 3.8) is 0 Å². The van der Waals surface area contributed by atoms with Crippen LogP contribution in [-0.2, 0) is 11.2 Å². The van der Waals surface area contributed by atoms with E-state index in [0.717, 1.165) is 43.8 Å². The molecule has 34 heavy (non-hydrogen) atoms. The van der Waals surface area contributed by atoms with Crippen LogP contribution in [0.2, 0.25) is 5.02 Å². The number of terminal acetylenes is 1. The number of rotatable bonds is 2. The van der Waals surface area contributed by atoms with E-state index in [2.05, 4.69) is 27.9 Å². The number of thioether (sulfide) groups is 1. The van der Waals surface area contributed by atoms with Gasteiger partial charge in [-0.2, -0.15) is 0 Å². The first-order chi connectivity index (χ1) is 16.3. The number of likely N-dealkylation sites (tertiary alicyclic amines) is 1. The maximum absolute atomic E-state index is 13.2. The van der Waals surface area contributed by atoms with Gasteiger partial charge in [0, 0.05) is 42.0 Å². The minimum atomic E-state index is -0.327. The first-order valence-corrected chi connectivity index (χ1v) is 12.5. The van der Waals surface area contributed by atoms with Crippen molar-refractivity contribution in [2.75, 3.05) is 18.8 Å². The highest BCUT2D eigenvalue weighted by atomic mass is 35.5. The first-order valence-electron chi connectivity index (χ1n) is 11.3. The summed E-state index contributed by atoms with van der Waals surface area (Å²) in [4.78, 5) is 25.3. The molecule has 3 heterocycles. The molecule has 1 spiro atoms. The van der Waals surface area contributed by atoms with Crippen LogP contribution < -0.4 is 11.5 Å². The van der Waals surface area contributed by atoms with Crippen LogP contribution in [0.3, 0.4) is 0 Å². The van der Waals surface area contributed by atoms with Gasteiger partial charge in [-0.3, -0.25) is 4.79 Å². The molecule has 3 aliphatic rings. The van der Waals surface area contributed by atoms with Gasteiger partial charge in [0.1, 0.15) is 11.7 Å². The van der Waals surface area contributed by atoms with Gasteiger partial charge in [0.25, 0.3) is 0 Å². The fourth-order valence-corrected chi connectivity index (χ4v) is 6.50. The number of nitrogen functional groups attached to an aromatic ring is 1. The van der Waals surface area contributed by atoms with Crippen molar-refractivity contribution >= 4 is 40.8 Å². The van der Waals surface area contributed by atoms with E-state index in [-0.39, 0.29) is 29.0 Å². The summed E-state index contributed by atoms with van der Waals surface area (Å²) in [7, 11) is 0. The van der Waals surface area contributed by atoms with Crippen molar-refractivity contribution < 1.29 is 4.79 Å². The third-order valence-electron chi connectivity index (χ3n) is 7.37. The number of ketones is 1. The number of amidine groups is 1. The Labute approximate surface area is 208 Å². The molecule has 0 bridgehead atoms. The van der Waals surface area contributed by atoms with Crippen LogP contribution in [0.4, 0.5) is 5.82 Å². The summed E-state index contributed by atoms with van der Waals surface area (Å²) in [6.45, 7) is 3.56. The van der Waals surface area contributed by atoms with E-state index in [1.807, 2.05) is 13.0 Å². The Hall–Kier alpha value is -2.79. The summed E-state index contributed by atoms with van der Waals surface area (Å²) in [5.41, 5.74) is 16.0. The van der Waals surface area contributed by atoms with Gasteiger partial charge in [0.05, 0.1) is 15.8 Å². The van der Waals surface area contributed by atoms with Crippen molar-refractivity contribution in [3.05, 3.63) is 63.3 Å². The van der Waals surface area contributed by atoms with Gasteiger partial charge < -0.3 is 16.4 Å². The van der Waals surface area contributed by atoms with E-state index < -0.39 is 0 Å². The molecule has 174 valence electrons. The van der Waals surface area contributed by atoms with Gasteiger partial charge in [0.2, 0.25) is 0 Å². The third kappa shape index (κ3) is 3.80. The second kappa shape index (κ2) is 8.77. The number of hydrogen-bond donors (Lipinski definition) is 2. The monoisotopic (exact) mass is 491 g/mol. The minimum absolute atomic E-state index is 0.0225. The van der Waals surface area contributed by atoms with Crippen LogP contribution >= 0.6 is 23.4 Å². The number of halogens is 1. The van der Waals surface area contributed by atoms with E-state index >= 15 is 0 Å². The van der Waals surface area contributed by atoms with Crippen LogP contribution in [0, 0.1) is 23.7 Å². The number of carbonyl (C=O) groups excluding carboxylic acids is 1. The lowest BCUT2D eigenvalue weighted by atomic mass is 9.73. The van der Waals surface area contributed by atoms with E-state index in [0.29, 0.717) is 14.8 Å². The molecule has 0 amide bonds. The minimum Gasteiger partial charge on any atom is -0.382 e. The van der Waals surface area contributed by atoms with E-state index in [9.17, 15) is 4.79 Å². The van der Waals surface area contributed by atoms with E-state index in [1.165, 1.54) is 22.9 Å². The topological polar surface area (TPSA) is 97.6 Å². The lowest BCUT2D eigenvalue weighted by Crippen LogP contribution is -2.49. The maximum Gasteiger partial charge on any atom is 0.181 e. The fraction of sp³-hybridized carbons (Fsp3) is 0.346. The zero-order valence-corrected chi connectivity index (χ0v) is 20.5. The molecule has 2 aliphatic heterocycles. The molecule has 1 fully saturated rings. The normalized spacial score (nSPS) is 23.4. The molecule has 6 nitrogen and oxygen atoms in total. The van der Waals surface area contributed by atoms with E-state index in [1.54, 1.807) is 18.5 Å². The molecule has 8 heteroatoms. The lowest BCUT2D eigenvalue weighted by molar-refractivity contribution is -0.116. The van der Waals surface area contributed by atoms with Crippen molar-refractivity contribution in [2.45, 2.75) is 37.1 Å². The average Bonchev–Trinajstić information content (AvgIpc) is 3.11. The zero-order chi connectivity index (χ0) is 24.0. The fourth-order valence-electron chi connectivity index (χ4n) is 5.32. The molecule has 0 saturated carbocycles. The molecule has 5 rings (SSSR count). The third-order valence-corrected chi connectivity index (χ3v) is 8.97. The largest absolute Gasteiger partial charge is 0.382 e. The van der Waals surface area contributed by atoms with Gasteiger partial charge in [-0.05, 0) is 60.9 Å². The number of aromatic nitrogens is 1. The Morgan fingerprint density at radius 1 is 1.29 bits per heavy atom. The van der Waals surface area contributed by atoms with Crippen molar-refractivity contribution in [1.82, 2.24) is 9.88 Å². The number of allylic oxidation sites excluding steroid dienone is 1. The second-order valence-electron chi connectivity index (χ2n) is 9.24. The molecule has 1 unspecified atom stereocenters. The first kappa shape index (κ1) is 23.0. The molecule has 4 N–H and O–H groups in total. The summed E-state index contributed by atoms with van der Waals surface area (Å²) in [5.74, 6) is 3.50. The number of aliphatic imine (C=N–C) groups is 1. The summed E-state index contributed by atoms with van der Waals surface area (Å²) >= 11 is 7.54. The van der Waals surface area contributed by atoms with Gasteiger partial charge in [-0.25, -0.2) is 9.98 Å². The van der Waals surface area contributed by atoms with Gasteiger partial charge in [-0.15, -0.1) is 6.42 Å². The smallest absolute Gasteiger partial charge is 0.181 e. The number of benzene rings is 1. The summed E-state index contributed by atoms with van der Waals surface area (Å²) in [5, 5.41) is 0.355. The predicted molar refractivity (Wildman–Crippen MR) is 137 cm³/mol. The lowest BCUT2D eigenvalue weighted by Gasteiger charge is -2.44. The number of carbonyl (C=O) groups is 1. The van der Waals surface area contributed by atoms with Crippen LogP contribution in [0.25, 0.3) is 0 Å². The highest BCUT2D eigenvalue weighted by Crippen LogP contribution is 2.51. The van der Waals surface area contributed by atoms with Crippen molar-refractivity contribution in [1.29, 1.82) is 0 Å². The van der Waals surface area contributed by atoms with Crippen LogP contribution in [-0.4, -0.2) is 34.6 Å². The van der Waals surface area contributed by atoms with Crippen molar-refractivity contribution in [2.24, 2.45) is 22.1 Å². The number of hydrogen-bond acceptors (Lipinski definition) is 7. The quantitative estimate of drug-likeness (QED) is 0.611. The summed E-state index contributed by atoms with van der Waals surface area (Å²) < 4.78 is 0. The number of Topliss-reactive ketones (excluding diaryl/α,β-unsaturated/α-hetero) is 1. The zero-order valence-electron chi connectivity index (χ0n) is 18.9. The molecule has 2 atom stereocenters. The number of fused-ring (bicyclic) bond motifs is 1. The molecular formula is C26H26ClN5OS. The van der Waals surface area contributed by atoms with E-state index in [4.69, 9.17) is 34.5 Å². The Bertz CT molecular complexity index is 1270. The SMILES string of the molecule is C#Cc1ccc2c(c1)C(N)C1(CCN(C3=NC=C(Sc4ccnc(N)c4Cl)C(=O)[C@H]3C)CC1)C2. The highest BCUT2D eigenvalue weighted by Gasteiger charge is 2.47. The number of nitrogens with zero attached hydrogens (tertiary/aromatic N) is 3. The number of anilines is 1. The number of piperidine rings is 1. The Kier molecular flexibility index (Phi) is 5.93. The van der Waals surface area contributed by atoms with Gasteiger partial charge >= 0.3 is 0 Å². The van der Waals surface area contributed by atoms with Crippen LogP contribution in [0.15, 0.2) is 51.5 Å². The molecular weight excluding hydrogens is 466 g/mol. The van der Waals surface area contributed by atoms with Gasteiger partial charge in [0.15, 0.2) is 5.78 Å². The number of nitrogens with two attached hydrogens (primary N) is 2. The molecule has 2 aromatic rings. The maximum atomic E-state index is 13.2. The van der Waals surface area contributed by atoms with Crippen molar-refractivity contribution in [3.8, 4) is 12.3 Å².